The molecule has 2 aliphatic rings. The van der Waals surface area contributed by atoms with Gasteiger partial charge < -0.3 is 15.4 Å². The van der Waals surface area contributed by atoms with Gasteiger partial charge in [0.25, 0.3) is 0 Å². The largest absolute Gasteiger partial charge is 0.373 e. The van der Waals surface area contributed by atoms with Gasteiger partial charge in [-0.15, -0.1) is 11.8 Å². The minimum absolute atomic E-state index is 0.00211. The molecule has 4 nitrogen and oxygen atoms in total. The molecule has 1 saturated heterocycles. The first-order chi connectivity index (χ1) is 9.29. The van der Waals surface area contributed by atoms with Gasteiger partial charge in [-0.2, -0.15) is 0 Å². The van der Waals surface area contributed by atoms with Crippen LogP contribution in [0.25, 0.3) is 0 Å². The third-order valence-electron chi connectivity index (χ3n) is 3.71. The highest BCUT2D eigenvalue weighted by molar-refractivity contribution is 7.99. The molecule has 3 rings (SSSR count). The van der Waals surface area contributed by atoms with E-state index in [1.165, 1.54) is 10.5 Å². The molecule has 0 saturated carbocycles. The van der Waals surface area contributed by atoms with Crippen molar-refractivity contribution in [1.82, 2.24) is 4.90 Å². The summed E-state index contributed by atoms with van der Waals surface area (Å²) in [6.07, 6.45) is -0.0120. The van der Waals surface area contributed by atoms with Gasteiger partial charge in [-0.05, 0) is 11.6 Å². The molecular formula is C14H18N2O2S. The van der Waals surface area contributed by atoms with Gasteiger partial charge in [0.05, 0.1) is 18.6 Å². The van der Waals surface area contributed by atoms with Crippen LogP contribution in [0.5, 0.6) is 0 Å². The SMILES string of the molecule is NCC1CN(C(=O)C2CSc3ccccc32)CCO1. The van der Waals surface area contributed by atoms with Crippen LogP contribution < -0.4 is 5.73 Å². The smallest absolute Gasteiger partial charge is 0.231 e. The number of hydrogen-bond acceptors (Lipinski definition) is 4. The molecule has 2 heterocycles. The summed E-state index contributed by atoms with van der Waals surface area (Å²) in [5, 5.41) is 0. The van der Waals surface area contributed by atoms with Gasteiger partial charge >= 0.3 is 0 Å². The molecule has 2 N–H and O–H groups in total. The van der Waals surface area contributed by atoms with Gasteiger partial charge in [-0.3, -0.25) is 4.79 Å². The van der Waals surface area contributed by atoms with E-state index in [-0.39, 0.29) is 17.9 Å². The van der Waals surface area contributed by atoms with Crippen molar-refractivity contribution in [3.8, 4) is 0 Å². The number of benzene rings is 1. The summed E-state index contributed by atoms with van der Waals surface area (Å²) in [5.41, 5.74) is 6.80. The molecule has 2 aliphatic heterocycles. The van der Waals surface area contributed by atoms with Crippen LogP contribution in [0.3, 0.4) is 0 Å². The first kappa shape index (κ1) is 13.0. The van der Waals surface area contributed by atoms with E-state index >= 15 is 0 Å². The summed E-state index contributed by atoms with van der Waals surface area (Å²) >= 11 is 1.77. The van der Waals surface area contributed by atoms with Crippen LogP contribution in [0.4, 0.5) is 0 Å². The zero-order valence-corrected chi connectivity index (χ0v) is 11.6. The number of amides is 1. The Kier molecular flexibility index (Phi) is 3.77. The number of morpholine rings is 1. The fourth-order valence-corrected chi connectivity index (χ4v) is 3.87. The van der Waals surface area contributed by atoms with Crippen molar-refractivity contribution in [2.45, 2.75) is 16.9 Å². The predicted octanol–water partition coefficient (Wildman–Crippen LogP) is 1.06. The number of nitrogens with two attached hydrogens (primary N) is 1. The first-order valence-electron chi connectivity index (χ1n) is 6.62. The zero-order valence-electron chi connectivity index (χ0n) is 10.7. The van der Waals surface area contributed by atoms with Crippen molar-refractivity contribution < 1.29 is 9.53 Å². The van der Waals surface area contributed by atoms with Gasteiger partial charge in [0.2, 0.25) is 5.91 Å². The molecule has 1 aromatic rings. The van der Waals surface area contributed by atoms with Crippen LogP contribution in [0.1, 0.15) is 11.5 Å². The summed E-state index contributed by atoms with van der Waals surface area (Å²) in [7, 11) is 0. The predicted molar refractivity (Wildman–Crippen MR) is 75.3 cm³/mol. The molecule has 5 heteroatoms. The second kappa shape index (κ2) is 5.53. The van der Waals surface area contributed by atoms with E-state index in [0.717, 1.165) is 5.75 Å². The molecule has 0 aromatic heterocycles. The lowest BCUT2D eigenvalue weighted by Gasteiger charge is -2.34. The molecule has 0 aliphatic carbocycles. The second-order valence-electron chi connectivity index (χ2n) is 4.91. The number of rotatable bonds is 2. The molecule has 0 spiro atoms. The number of hydrogen-bond donors (Lipinski definition) is 1. The fraction of sp³-hybridized carbons (Fsp3) is 0.500. The Bertz CT molecular complexity index is 480. The van der Waals surface area contributed by atoms with Gasteiger partial charge in [0.1, 0.15) is 0 Å². The highest BCUT2D eigenvalue weighted by Crippen LogP contribution is 2.40. The van der Waals surface area contributed by atoms with Gasteiger partial charge in [0, 0.05) is 30.3 Å². The van der Waals surface area contributed by atoms with E-state index < -0.39 is 0 Å². The van der Waals surface area contributed by atoms with Crippen molar-refractivity contribution in [2.24, 2.45) is 5.73 Å². The lowest BCUT2D eigenvalue weighted by molar-refractivity contribution is -0.139. The molecule has 1 aromatic carbocycles. The van der Waals surface area contributed by atoms with E-state index in [4.69, 9.17) is 10.5 Å². The molecule has 2 unspecified atom stereocenters. The van der Waals surface area contributed by atoms with E-state index in [1.54, 1.807) is 11.8 Å². The molecular weight excluding hydrogens is 260 g/mol. The molecule has 19 heavy (non-hydrogen) atoms. The monoisotopic (exact) mass is 278 g/mol. The molecule has 0 bridgehead atoms. The first-order valence-corrected chi connectivity index (χ1v) is 7.60. The minimum Gasteiger partial charge on any atom is -0.373 e. The van der Waals surface area contributed by atoms with Crippen LogP contribution in [-0.2, 0) is 9.53 Å². The Morgan fingerprint density at radius 1 is 1.47 bits per heavy atom. The standard InChI is InChI=1S/C14H18N2O2S/c15-7-10-8-16(5-6-18-10)14(17)12-9-19-13-4-2-1-3-11(12)13/h1-4,10,12H,5-9,15H2. The van der Waals surface area contributed by atoms with Crippen molar-refractivity contribution in [1.29, 1.82) is 0 Å². The van der Waals surface area contributed by atoms with Crippen LogP contribution in [-0.4, -0.2) is 48.9 Å². The molecule has 2 atom stereocenters. The highest BCUT2D eigenvalue weighted by atomic mass is 32.2. The second-order valence-corrected chi connectivity index (χ2v) is 5.98. The van der Waals surface area contributed by atoms with Gasteiger partial charge in [-0.25, -0.2) is 0 Å². The van der Waals surface area contributed by atoms with E-state index in [0.29, 0.717) is 26.2 Å². The van der Waals surface area contributed by atoms with E-state index in [1.807, 2.05) is 17.0 Å². The topological polar surface area (TPSA) is 55.6 Å². The average molecular weight is 278 g/mol. The van der Waals surface area contributed by atoms with Crippen LogP contribution in [0.2, 0.25) is 0 Å². The normalized spacial score (nSPS) is 26.3. The Hall–Kier alpha value is -1.04. The van der Waals surface area contributed by atoms with Crippen LogP contribution in [0.15, 0.2) is 29.2 Å². The lowest BCUT2D eigenvalue weighted by Crippen LogP contribution is -2.49. The average Bonchev–Trinajstić information content (AvgIpc) is 2.90. The number of thioether (sulfide) groups is 1. The summed E-state index contributed by atoms with van der Waals surface area (Å²) in [6.45, 7) is 2.37. The Morgan fingerprint density at radius 2 is 2.32 bits per heavy atom. The number of carbonyl (C=O) groups is 1. The summed E-state index contributed by atoms with van der Waals surface area (Å²) in [5.74, 6) is 1.07. The highest BCUT2D eigenvalue weighted by Gasteiger charge is 2.34. The summed E-state index contributed by atoms with van der Waals surface area (Å²) in [6, 6.07) is 8.19. The molecule has 1 amide bonds. The third kappa shape index (κ3) is 2.50. The lowest BCUT2D eigenvalue weighted by atomic mass is 9.99. The molecule has 0 radical (unpaired) electrons. The Balaban J connectivity index is 1.75. The van der Waals surface area contributed by atoms with E-state index in [9.17, 15) is 4.79 Å². The third-order valence-corrected chi connectivity index (χ3v) is 4.89. The van der Waals surface area contributed by atoms with Crippen LogP contribution >= 0.6 is 11.8 Å². The maximum Gasteiger partial charge on any atom is 0.231 e. The number of nitrogens with zero attached hydrogens (tertiary/aromatic N) is 1. The minimum atomic E-state index is -0.0120. The Morgan fingerprint density at radius 3 is 3.16 bits per heavy atom. The maximum atomic E-state index is 12.6. The van der Waals surface area contributed by atoms with Gasteiger partial charge in [0.15, 0.2) is 0 Å². The quantitative estimate of drug-likeness (QED) is 0.879. The summed E-state index contributed by atoms with van der Waals surface area (Å²) < 4.78 is 5.52. The number of ether oxygens (including phenoxy) is 1. The Labute approximate surface area is 117 Å². The number of fused-ring (bicyclic) bond motifs is 1. The van der Waals surface area contributed by atoms with Crippen molar-refractivity contribution in [3.63, 3.8) is 0 Å². The van der Waals surface area contributed by atoms with Crippen molar-refractivity contribution in [2.75, 3.05) is 32.0 Å². The van der Waals surface area contributed by atoms with Crippen molar-refractivity contribution in [3.05, 3.63) is 29.8 Å². The van der Waals surface area contributed by atoms with E-state index in [2.05, 4.69) is 12.1 Å². The zero-order chi connectivity index (χ0) is 13.2. The fourth-order valence-electron chi connectivity index (χ4n) is 2.65. The van der Waals surface area contributed by atoms with Gasteiger partial charge in [-0.1, -0.05) is 18.2 Å². The van der Waals surface area contributed by atoms with Crippen LogP contribution in [0, 0.1) is 0 Å². The number of carbonyl (C=O) groups excluding carboxylic acids is 1. The van der Waals surface area contributed by atoms with Crippen molar-refractivity contribution >= 4 is 17.7 Å². The molecule has 1 fully saturated rings. The summed E-state index contributed by atoms with van der Waals surface area (Å²) in [4.78, 5) is 15.8. The maximum absolute atomic E-state index is 12.6. The molecule has 102 valence electrons.